The average Bonchev–Trinajstić information content (AvgIpc) is 3.51. The second kappa shape index (κ2) is 5.72. The predicted molar refractivity (Wildman–Crippen MR) is 96.8 cm³/mol. The van der Waals surface area contributed by atoms with Crippen LogP contribution in [0.4, 0.5) is 17.1 Å². The number of nitrogens with zero attached hydrogens (tertiary/aromatic N) is 3. The number of nitrogens with one attached hydrogen (secondary N) is 1. The van der Waals surface area contributed by atoms with E-state index in [0.717, 1.165) is 17.9 Å². The summed E-state index contributed by atoms with van der Waals surface area (Å²) in [4.78, 5) is 33.0. The van der Waals surface area contributed by atoms with Gasteiger partial charge in [-0.05, 0) is 31.0 Å². The monoisotopic (exact) mass is 350 g/mol. The fraction of sp³-hybridized carbons (Fsp3) is 0.316. The molecule has 1 aromatic heterocycles. The van der Waals surface area contributed by atoms with E-state index in [0.29, 0.717) is 29.7 Å². The smallest absolute Gasteiger partial charge is 0.262 e. The molecule has 2 aliphatic heterocycles. The van der Waals surface area contributed by atoms with Crippen LogP contribution in [-0.4, -0.2) is 42.5 Å². The van der Waals surface area contributed by atoms with Gasteiger partial charge in [0, 0.05) is 25.3 Å². The maximum absolute atomic E-state index is 13.1. The van der Waals surface area contributed by atoms with E-state index in [9.17, 15) is 9.59 Å². The minimum atomic E-state index is -0.243. The Balaban J connectivity index is 1.48. The zero-order chi connectivity index (χ0) is 17.7. The first kappa shape index (κ1) is 15.2. The van der Waals surface area contributed by atoms with Gasteiger partial charge in [-0.2, -0.15) is 0 Å². The van der Waals surface area contributed by atoms with Gasteiger partial charge in [-0.25, -0.2) is 4.98 Å². The van der Waals surface area contributed by atoms with Crippen molar-refractivity contribution in [2.45, 2.75) is 18.9 Å². The molecule has 1 aliphatic carbocycles. The Morgan fingerprint density at radius 2 is 2.00 bits per heavy atom. The molecule has 1 N–H and O–H groups in total. The van der Waals surface area contributed by atoms with E-state index in [1.165, 1.54) is 19.0 Å². The van der Waals surface area contributed by atoms with Crippen molar-refractivity contribution in [1.29, 1.82) is 0 Å². The van der Waals surface area contributed by atoms with Crippen LogP contribution in [-0.2, 0) is 4.79 Å². The third-order valence-corrected chi connectivity index (χ3v) is 4.99. The van der Waals surface area contributed by atoms with Crippen LogP contribution >= 0.6 is 0 Å². The molecule has 1 saturated carbocycles. The van der Waals surface area contributed by atoms with Crippen LogP contribution in [0.5, 0.6) is 5.88 Å². The summed E-state index contributed by atoms with van der Waals surface area (Å²) in [6, 6.07) is 10.3. The van der Waals surface area contributed by atoms with Gasteiger partial charge in [0.15, 0.2) is 6.61 Å². The van der Waals surface area contributed by atoms with Crippen LogP contribution in [0.3, 0.4) is 0 Å². The normalized spacial score (nSPS) is 18.5. The molecule has 7 nitrogen and oxygen atoms in total. The molecular weight excluding hydrogens is 332 g/mol. The second-order valence-corrected chi connectivity index (χ2v) is 6.78. The van der Waals surface area contributed by atoms with Crippen molar-refractivity contribution < 1.29 is 14.3 Å². The molecule has 0 radical (unpaired) electrons. The maximum Gasteiger partial charge on any atom is 0.262 e. The van der Waals surface area contributed by atoms with E-state index in [2.05, 4.69) is 21.3 Å². The number of ether oxygens (including phenoxy) is 1. The predicted octanol–water partition coefficient (Wildman–Crippen LogP) is 2.04. The largest absolute Gasteiger partial charge is 0.466 e. The number of amides is 2. The fourth-order valence-corrected chi connectivity index (χ4v) is 3.61. The number of fused-ring (bicyclic) bond motifs is 2. The van der Waals surface area contributed by atoms with Gasteiger partial charge in [0.1, 0.15) is 5.69 Å². The number of hydrogen-bond donors (Lipinski definition) is 1. The second-order valence-electron chi connectivity index (χ2n) is 6.78. The lowest BCUT2D eigenvalue weighted by atomic mass is 10.1. The molecule has 5 rings (SSSR count). The van der Waals surface area contributed by atoms with E-state index >= 15 is 0 Å². The first-order chi connectivity index (χ1) is 12.7. The first-order valence-corrected chi connectivity index (χ1v) is 8.81. The molecule has 0 atom stereocenters. The van der Waals surface area contributed by atoms with Gasteiger partial charge < -0.3 is 19.9 Å². The third kappa shape index (κ3) is 2.47. The molecule has 132 valence electrons. The number of benzene rings is 1. The van der Waals surface area contributed by atoms with Crippen molar-refractivity contribution in [1.82, 2.24) is 4.98 Å². The summed E-state index contributed by atoms with van der Waals surface area (Å²) in [7, 11) is 0. The summed E-state index contributed by atoms with van der Waals surface area (Å²) in [5.41, 5.74) is 2.91. The van der Waals surface area contributed by atoms with E-state index in [1.54, 1.807) is 11.0 Å². The summed E-state index contributed by atoms with van der Waals surface area (Å²) < 4.78 is 5.26. The molecule has 2 aromatic rings. The number of hydrogen-bond acceptors (Lipinski definition) is 5. The number of carbonyl (C=O) groups excluding carboxylic acids is 2. The van der Waals surface area contributed by atoms with Gasteiger partial charge in [0.05, 0.1) is 16.9 Å². The van der Waals surface area contributed by atoms with E-state index < -0.39 is 0 Å². The van der Waals surface area contributed by atoms with Crippen LogP contribution in [0.15, 0.2) is 36.5 Å². The molecule has 2 amide bonds. The molecule has 0 saturated heterocycles. The molecule has 3 heterocycles. The molecule has 1 fully saturated rings. The Labute approximate surface area is 150 Å². The van der Waals surface area contributed by atoms with Gasteiger partial charge in [-0.3, -0.25) is 9.59 Å². The Bertz CT molecular complexity index is 909. The lowest BCUT2D eigenvalue weighted by molar-refractivity contribution is -0.118. The number of anilines is 3. The minimum absolute atomic E-state index is 0.0518. The maximum atomic E-state index is 13.1. The minimum Gasteiger partial charge on any atom is -0.466 e. The topological polar surface area (TPSA) is 74.8 Å². The summed E-state index contributed by atoms with van der Waals surface area (Å²) in [5, 5.41) is 2.70. The van der Waals surface area contributed by atoms with Crippen LogP contribution in [0.1, 0.15) is 23.2 Å². The van der Waals surface area contributed by atoms with Crippen LogP contribution in [0.2, 0.25) is 0 Å². The van der Waals surface area contributed by atoms with E-state index in [4.69, 9.17) is 4.74 Å². The lowest BCUT2D eigenvalue weighted by Crippen LogP contribution is -2.45. The van der Waals surface area contributed by atoms with Crippen molar-refractivity contribution in [2.24, 2.45) is 0 Å². The highest BCUT2D eigenvalue weighted by atomic mass is 16.5. The Morgan fingerprint density at radius 3 is 2.81 bits per heavy atom. The van der Waals surface area contributed by atoms with Crippen LogP contribution in [0, 0.1) is 0 Å². The van der Waals surface area contributed by atoms with Crippen molar-refractivity contribution in [3.05, 3.63) is 42.1 Å². The first-order valence-electron chi connectivity index (χ1n) is 8.81. The number of para-hydroxylation sites is 2. The van der Waals surface area contributed by atoms with Gasteiger partial charge in [-0.1, -0.05) is 12.1 Å². The zero-order valence-corrected chi connectivity index (χ0v) is 14.1. The molecule has 1 aromatic carbocycles. The fourth-order valence-electron chi connectivity index (χ4n) is 3.61. The SMILES string of the molecule is O=C1COc2ncc(C(=O)N3CCN(C4CC4)c4ccccc43)cc2N1. The van der Waals surface area contributed by atoms with E-state index in [1.807, 2.05) is 18.2 Å². The Kier molecular flexibility index (Phi) is 3.34. The van der Waals surface area contributed by atoms with Crippen LogP contribution in [0.25, 0.3) is 0 Å². The summed E-state index contributed by atoms with van der Waals surface area (Å²) in [6.45, 7) is 1.40. The van der Waals surface area contributed by atoms with Gasteiger partial charge >= 0.3 is 0 Å². The number of pyridine rings is 1. The zero-order valence-electron chi connectivity index (χ0n) is 14.1. The highest BCUT2D eigenvalue weighted by Crippen LogP contribution is 2.40. The third-order valence-electron chi connectivity index (χ3n) is 4.99. The summed E-state index contributed by atoms with van der Waals surface area (Å²) >= 11 is 0. The molecule has 3 aliphatic rings. The van der Waals surface area contributed by atoms with Gasteiger partial charge in [0.2, 0.25) is 5.88 Å². The molecule has 0 unspecified atom stereocenters. The highest BCUT2D eigenvalue weighted by molar-refractivity contribution is 6.09. The Hall–Kier alpha value is -3.09. The summed E-state index contributed by atoms with van der Waals surface area (Å²) in [5.74, 6) is -0.0181. The van der Waals surface area contributed by atoms with Crippen molar-refractivity contribution in [3.8, 4) is 5.88 Å². The van der Waals surface area contributed by atoms with E-state index in [-0.39, 0.29) is 18.4 Å². The van der Waals surface area contributed by atoms with Gasteiger partial charge in [-0.15, -0.1) is 0 Å². The number of aromatic nitrogens is 1. The van der Waals surface area contributed by atoms with Crippen molar-refractivity contribution in [3.63, 3.8) is 0 Å². The highest BCUT2D eigenvalue weighted by Gasteiger charge is 2.35. The molecule has 26 heavy (non-hydrogen) atoms. The summed E-state index contributed by atoms with van der Waals surface area (Å²) in [6.07, 6.45) is 3.95. The molecule has 0 bridgehead atoms. The molecule has 7 heteroatoms. The van der Waals surface area contributed by atoms with Crippen molar-refractivity contribution >= 4 is 28.9 Å². The molecule has 0 spiro atoms. The van der Waals surface area contributed by atoms with Crippen LogP contribution < -0.4 is 19.9 Å². The Morgan fingerprint density at radius 1 is 1.19 bits per heavy atom. The molecular formula is C19H18N4O3. The lowest BCUT2D eigenvalue weighted by Gasteiger charge is -2.38. The van der Waals surface area contributed by atoms with Crippen molar-refractivity contribution in [2.75, 3.05) is 34.8 Å². The average molecular weight is 350 g/mol. The standard InChI is InChI=1S/C19H18N4O3/c24-17-11-26-18-14(21-17)9-12(10-20-18)19(25)23-8-7-22(13-5-6-13)15-3-1-2-4-16(15)23/h1-4,9-10,13H,5-8,11H2,(H,21,24). The van der Waals surface area contributed by atoms with Gasteiger partial charge in [0.25, 0.3) is 11.8 Å². The number of rotatable bonds is 2. The quantitative estimate of drug-likeness (QED) is 0.897. The number of carbonyl (C=O) groups is 2.